The lowest BCUT2D eigenvalue weighted by Crippen LogP contribution is -2.38. The summed E-state index contributed by atoms with van der Waals surface area (Å²) in [7, 11) is 0. The van der Waals surface area contributed by atoms with E-state index in [0.717, 1.165) is 11.3 Å². The Morgan fingerprint density at radius 1 is 1.36 bits per heavy atom. The Morgan fingerprint density at radius 3 is 2.64 bits per heavy atom. The van der Waals surface area contributed by atoms with Crippen molar-refractivity contribution in [2.75, 3.05) is 24.5 Å². The SMILES string of the molecule is Cc1cccc(N2CC(C(=O)N(CC#N)CC#N)CC2=O)c1. The molecule has 112 valence electrons. The van der Waals surface area contributed by atoms with Gasteiger partial charge >= 0.3 is 0 Å². The molecule has 1 aliphatic rings. The van der Waals surface area contributed by atoms with Gasteiger partial charge in [-0.2, -0.15) is 10.5 Å². The number of aryl methyl sites for hydroxylation is 1. The highest BCUT2D eigenvalue weighted by Crippen LogP contribution is 2.26. The number of carbonyl (C=O) groups excluding carboxylic acids is 2. The summed E-state index contributed by atoms with van der Waals surface area (Å²) in [6, 6.07) is 11.3. The average Bonchev–Trinajstić information content (AvgIpc) is 2.88. The van der Waals surface area contributed by atoms with Gasteiger partial charge < -0.3 is 9.80 Å². The van der Waals surface area contributed by atoms with E-state index in [0.29, 0.717) is 0 Å². The van der Waals surface area contributed by atoms with Crippen LogP contribution in [0.25, 0.3) is 0 Å². The molecule has 0 aromatic heterocycles. The maximum atomic E-state index is 12.4. The third kappa shape index (κ3) is 3.24. The van der Waals surface area contributed by atoms with Crippen molar-refractivity contribution in [2.24, 2.45) is 5.92 Å². The van der Waals surface area contributed by atoms with Gasteiger partial charge in [0, 0.05) is 18.7 Å². The zero-order valence-corrected chi connectivity index (χ0v) is 12.3. The molecular weight excluding hydrogens is 280 g/mol. The predicted octanol–water partition coefficient (Wildman–Crippen LogP) is 1.22. The summed E-state index contributed by atoms with van der Waals surface area (Å²) in [6.45, 7) is 1.95. The van der Waals surface area contributed by atoms with Gasteiger partial charge in [0.05, 0.1) is 18.1 Å². The average molecular weight is 296 g/mol. The summed E-state index contributed by atoms with van der Waals surface area (Å²) in [6.07, 6.45) is 0.111. The van der Waals surface area contributed by atoms with Crippen LogP contribution in [-0.2, 0) is 9.59 Å². The van der Waals surface area contributed by atoms with E-state index in [2.05, 4.69) is 0 Å². The molecule has 1 saturated heterocycles. The zero-order chi connectivity index (χ0) is 16.1. The van der Waals surface area contributed by atoms with Crippen LogP contribution in [0, 0.1) is 35.5 Å². The Kier molecular flexibility index (Phi) is 4.75. The molecule has 1 aliphatic heterocycles. The van der Waals surface area contributed by atoms with E-state index in [1.54, 1.807) is 4.90 Å². The predicted molar refractivity (Wildman–Crippen MR) is 79.4 cm³/mol. The highest BCUT2D eigenvalue weighted by molar-refractivity contribution is 6.00. The monoisotopic (exact) mass is 296 g/mol. The molecule has 1 aromatic rings. The van der Waals surface area contributed by atoms with E-state index in [9.17, 15) is 9.59 Å². The summed E-state index contributed by atoms with van der Waals surface area (Å²) in [5.41, 5.74) is 1.81. The van der Waals surface area contributed by atoms with E-state index < -0.39 is 5.92 Å². The first-order valence-electron chi connectivity index (χ1n) is 6.96. The molecule has 0 saturated carbocycles. The van der Waals surface area contributed by atoms with Crippen LogP contribution >= 0.6 is 0 Å². The van der Waals surface area contributed by atoms with Crippen LogP contribution in [0.1, 0.15) is 12.0 Å². The van der Waals surface area contributed by atoms with Gasteiger partial charge in [-0.25, -0.2) is 0 Å². The van der Waals surface area contributed by atoms with Crippen LogP contribution < -0.4 is 4.90 Å². The molecule has 1 heterocycles. The maximum Gasteiger partial charge on any atom is 0.229 e. The van der Waals surface area contributed by atoms with Crippen molar-refractivity contribution in [2.45, 2.75) is 13.3 Å². The lowest BCUT2D eigenvalue weighted by molar-refractivity contribution is -0.134. The number of carbonyl (C=O) groups is 2. The highest BCUT2D eigenvalue weighted by atomic mass is 16.2. The molecule has 0 bridgehead atoms. The number of anilines is 1. The number of hydrogen-bond acceptors (Lipinski definition) is 4. The lowest BCUT2D eigenvalue weighted by Gasteiger charge is -2.21. The van der Waals surface area contributed by atoms with Crippen molar-refractivity contribution in [1.82, 2.24) is 4.90 Å². The first-order valence-corrected chi connectivity index (χ1v) is 6.96. The topological polar surface area (TPSA) is 88.2 Å². The molecule has 6 heteroatoms. The number of rotatable bonds is 4. The summed E-state index contributed by atoms with van der Waals surface area (Å²) in [5.74, 6) is -0.931. The van der Waals surface area contributed by atoms with Crippen molar-refractivity contribution in [1.29, 1.82) is 10.5 Å². The number of nitriles is 2. The Hall–Kier alpha value is -2.86. The molecule has 0 N–H and O–H groups in total. The highest BCUT2D eigenvalue weighted by Gasteiger charge is 2.37. The Morgan fingerprint density at radius 2 is 2.05 bits per heavy atom. The van der Waals surface area contributed by atoms with Crippen LogP contribution in [0.15, 0.2) is 24.3 Å². The molecule has 2 rings (SSSR count). The van der Waals surface area contributed by atoms with Crippen LogP contribution in [0.4, 0.5) is 5.69 Å². The molecule has 1 atom stereocenters. The van der Waals surface area contributed by atoms with Crippen molar-refractivity contribution in [3.8, 4) is 12.1 Å². The summed E-state index contributed by atoms with van der Waals surface area (Å²) in [4.78, 5) is 27.3. The fourth-order valence-corrected chi connectivity index (χ4v) is 2.56. The standard InChI is InChI=1S/C16H16N4O2/c1-12-3-2-4-14(9-12)20-11-13(10-15(20)21)16(22)19(7-5-17)8-6-18/h2-4,9,13H,7-8,10-11H2,1H3. The van der Waals surface area contributed by atoms with Crippen LogP contribution in [0.3, 0.4) is 0 Å². The first kappa shape index (κ1) is 15.5. The summed E-state index contributed by atoms with van der Waals surface area (Å²) in [5, 5.41) is 17.5. The molecular formula is C16H16N4O2. The number of hydrogen-bond donors (Lipinski definition) is 0. The number of nitrogens with zero attached hydrogens (tertiary/aromatic N) is 4. The van der Waals surface area contributed by atoms with E-state index in [-0.39, 0.29) is 37.9 Å². The zero-order valence-electron chi connectivity index (χ0n) is 12.3. The molecule has 0 aliphatic carbocycles. The van der Waals surface area contributed by atoms with Gasteiger partial charge in [-0.05, 0) is 24.6 Å². The van der Waals surface area contributed by atoms with Crippen molar-refractivity contribution in [3.05, 3.63) is 29.8 Å². The van der Waals surface area contributed by atoms with Crippen LogP contribution in [0.5, 0.6) is 0 Å². The molecule has 6 nitrogen and oxygen atoms in total. The first-order chi connectivity index (χ1) is 10.6. The fraction of sp³-hybridized carbons (Fsp3) is 0.375. The second kappa shape index (κ2) is 6.73. The maximum absolute atomic E-state index is 12.4. The van der Waals surface area contributed by atoms with Crippen molar-refractivity contribution >= 4 is 17.5 Å². The second-order valence-electron chi connectivity index (χ2n) is 5.25. The Balaban J connectivity index is 2.13. The number of benzene rings is 1. The van der Waals surface area contributed by atoms with Crippen LogP contribution in [0.2, 0.25) is 0 Å². The Labute approximate surface area is 129 Å². The van der Waals surface area contributed by atoms with Gasteiger partial charge in [-0.15, -0.1) is 0 Å². The molecule has 1 unspecified atom stereocenters. The second-order valence-corrected chi connectivity index (χ2v) is 5.25. The van der Waals surface area contributed by atoms with Gasteiger partial charge in [0.15, 0.2) is 0 Å². The Bertz CT molecular complexity index is 655. The lowest BCUT2D eigenvalue weighted by atomic mass is 10.1. The molecule has 0 radical (unpaired) electrons. The number of amides is 2. The smallest absolute Gasteiger partial charge is 0.229 e. The van der Waals surface area contributed by atoms with Gasteiger partial charge in [0.25, 0.3) is 0 Å². The van der Waals surface area contributed by atoms with Crippen molar-refractivity contribution in [3.63, 3.8) is 0 Å². The van der Waals surface area contributed by atoms with Crippen molar-refractivity contribution < 1.29 is 9.59 Å². The third-order valence-corrected chi connectivity index (χ3v) is 3.62. The summed E-state index contributed by atoms with van der Waals surface area (Å²) >= 11 is 0. The minimum Gasteiger partial charge on any atom is -0.316 e. The minimum absolute atomic E-state index is 0.111. The van der Waals surface area contributed by atoms with Crippen LogP contribution in [-0.4, -0.2) is 36.3 Å². The molecule has 1 fully saturated rings. The molecule has 2 amide bonds. The largest absolute Gasteiger partial charge is 0.316 e. The van der Waals surface area contributed by atoms with Gasteiger partial charge in [-0.1, -0.05) is 12.1 Å². The van der Waals surface area contributed by atoms with E-state index >= 15 is 0 Å². The minimum atomic E-state index is -0.505. The van der Waals surface area contributed by atoms with Gasteiger partial charge in [-0.3, -0.25) is 9.59 Å². The molecule has 1 aromatic carbocycles. The molecule has 0 spiro atoms. The van der Waals surface area contributed by atoms with E-state index in [1.807, 2.05) is 43.3 Å². The molecule has 22 heavy (non-hydrogen) atoms. The summed E-state index contributed by atoms with van der Waals surface area (Å²) < 4.78 is 0. The fourth-order valence-electron chi connectivity index (χ4n) is 2.56. The third-order valence-electron chi connectivity index (χ3n) is 3.62. The van der Waals surface area contributed by atoms with E-state index in [4.69, 9.17) is 10.5 Å². The van der Waals surface area contributed by atoms with E-state index in [1.165, 1.54) is 4.90 Å². The van der Waals surface area contributed by atoms with Gasteiger partial charge in [0.2, 0.25) is 11.8 Å². The quantitative estimate of drug-likeness (QED) is 0.782. The normalized spacial score (nSPS) is 17.0. The van der Waals surface area contributed by atoms with Gasteiger partial charge in [0.1, 0.15) is 13.1 Å².